The topological polar surface area (TPSA) is 54.8 Å². The predicted molar refractivity (Wildman–Crippen MR) is 117 cm³/mol. The lowest BCUT2D eigenvalue weighted by atomic mass is 9.87. The van der Waals surface area contributed by atoms with E-state index in [1.165, 1.54) is 5.56 Å². The van der Waals surface area contributed by atoms with Crippen molar-refractivity contribution in [1.82, 2.24) is 9.88 Å². The van der Waals surface area contributed by atoms with Crippen LogP contribution < -0.4 is 9.47 Å². The fourth-order valence-electron chi connectivity index (χ4n) is 4.58. The molecule has 3 aromatic rings. The maximum atomic E-state index is 10.5. The van der Waals surface area contributed by atoms with Crippen molar-refractivity contribution < 1.29 is 14.6 Å². The number of halogens is 1. The van der Waals surface area contributed by atoms with Crippen LogP contribution in [0.25, 0.3) is 10.8 Å². The average Bonchev–Trinajstić information content (AvgIpc) is 3.11. The molecule has 156 valence electrons. The normalized spacial score (nSPS) is 18.9. The summed E-state index contributed by atoms with van der Waals surface area (Å²) < 4.78 is 12.2. The van der Waals surface area contributed by atoms with Gasteiger partial charge in [-0.05, 0) is 35.9 Å². The van der Waals surface area contributed by atoms with Gasteiger partial charge in [-0.25, -0.2) is 0 Å². The molecule has 2 aliphatic heterocycles. The van der Waals surface area contributed by atoms with Crippen LogP contribution in [0.5, 0.6) is 11.5 Å². The molecule has 5 rings (SSSR count). The fraction of sp³-hybridized carbons (Fsp3) is 0.375. The van der Waals surface area contributed by atoms with Crippen LogP contribution in [0.3, 0.4) is 0 Å². The molecule has 0 aliphatic carbocycles. The zero-order valence-corrected chi connectivity index (χ0v) is 17.5. The van der Waals surface area contributed by atoms with Gasteiger partial charge in [-0.1, -0.05) is 23.7 Å². The number of likely N-dealkylation sites (tertiary alicyclic amines) is 1. The first kappa shape index (κ1) is 19.6. The Morgan fingerprint density at radius 2 is 2.07 bits per heavy atom. The maximum absolute atomic E-state index is 10.5. The van der Waals surface area contributed by atoms with E-state index in [1.54, 1.807) is 6.20 Å². The van der Waals surface area contributed by atoms with Gasteiger partial charge in [0.25, 0.3) is 0 Å². The van der Waals surface area contributed by atoms with Crippen molar-refractivity contribution in [3.8, 4) is 11.5 Å². The van der Waals surface area contributed by atoms with E-state index in [4.69, 9.17) is 21.1 Å². The Morgan fingerprint density at radius 1 is 1.20 bits per heavy atom. The van der Waals surface area contributed by atoms with Crippen LogP contribution in [0, 0.1) is 0 Å². The molecule has 0 bridgehead atoms. The number of aliphatic hydroxyl groups excluding tert-OH is 1. The zero-order chi connectivity index (χ0) is 20.6. The van der Waals surface area contributed by atoms with E-state index in [1.807, 2.05) is 48.7 Å². The standard InChI is InChI=1S/C24H25ClN2O3/c25-19-4-5-22-18(12-19)13-24(30-22)7-10-27(11-8-24)15-20(28)16-29-23-3-1-2-17-14-26-9-6-21(17)23/h1-6,9,12,14,20,28H,7-8,10-11,13,15-16H2. The van der Waals surface area contributed by atoms with E-state index in [0.29, 0.717) is 6.54 Å². The number of aromatic nitrogens is 1. The second-order valence-corrected chi connectivity index (χ2v) is 8.77. The second kappa shape index (κ2) is 8.06. The molecule has 0 saturated carbocycles. The molecule has 3 heterocycles. The number of nitrogens with zero attached hydrogens (tertiary/aromatic N) is 2. The molecule has 1 aromatic heterocycles. The van der Waals surface area contributed by atoms with Gasteiger partial charge in [-0.2, -0.15) is 0 Å². The number of hydrogen-bond donors (Lipinski definition) is 1. The lowest BCUT2D eigenvalue weighted by molar-refractivity contribution is -0.00186. The van der Waals surface area contributed by atoms with Crippen molar-refractivity contribution in [2.24, 2.45) is 0 Å². The Labute approximate surface area is 181 Å². The van der Waals surface area contributed by atoms with Crippen LogP contribution in [0.2, 0.25) is 5.02 Å². The predicted octanol–water partition coefficient (Wildman–Crippen LogP) is 4.10. The second-order valence-electron chi connectivity index (χ2n) is 8.33. The Hall–Kier alpha value is -2.34. The number of aliphatic hydroxyl groups is 1. The lowest BCUT2D eigenvalue weighted by Gasteiger charge is -2.39. The van der Waals surface area contributed by atoms with Gasteiger partial charge in [-0.3, -0.25) is 4.98 Å². The first-order valence-electron chi connectivity index (χ1n) is 10.4. The van der Waals surface area contributed by atoms with Crippen LogP contribution in [0.15, 0.2) is 54.9 Å². The molecule has 1 spiro atoms. The lowest BCUT2D eigenvalue weighted by Crippen LogP contribution is -2.49. The van der Waals surface area contributed by atoms with E-state index in [2.05, 4.69) is 9.88 Å². The first-order chi connectivity index (χ1) is 14.6. The first-order valence-corrected chi connectivity index (χ1v) is 10.8. The van der Waals surface area contributed by atoms with Crippen LogP contribution in [0.4, 0.5) is 0 Å². The van der Waals surface area contributed by atoms with E-state index in [9.17, 15) is 5.11 Å². The molecular weight excluding hydrogens is 400 g/mol. The van der Waals surface area contributed by atoms with E-state index in [0.717, 1.165) is 59.6 Å². The maximum Gasteiger partial charge on any atom is 0.127 e. The van der Waals surface area contributed by atoms with Gasteiger partial charge in [0.1, 0.15) is 29.8 Å². The Morgan fingerprint density at radius 3 is 2.93 bits per heavy atom. The summed E-state index contributed by atoms with van der Waals surface area (Å²) in [5, 5.41) is 13.3. The number of hydrogen-bond acceptors (Lipinski definition) is 5. The van der Waals surface area contributed by atoms with E-state index >= 15 is 0 Å². The van der Waals surface area contributed by atoms with Crippen molar-refractivity contribution in [1.29, 1.82) is 0 Å². The quantitative estimate of drug-likeness (QED) is 0.668. The van der Waals surface area contributed by atoms with Crippen molar-refractivity contribution >= 4 is 22.4 Å². The van der Waals surface area contributed by atoms with Crippen molar-refractivity contribution in [3.05, 3.63) is 65.4 Å². The summed E-state index contributed by atoms with van der Waals surface area (Å²) in [6.45, 7) is 2.67. The molecule has 5 nitrogen and oxygen atoms in total. The molecular formula is C24H25ClN2O3. The molecule has 6 heteroatoms. The molecule has 1 unspecified atom stereocenters. The van der Waals surface area contributed by atoms with Crippen molar-refractivity contribution in [2.45, 2.75) is 31.0 Å². The summed E-state index contributed by atoms with van der Waals surface area (Å²) >= 11 is 6.13. The van der Waals surface area contributed by atoms with Crippen LogP contribution >= 0.6 is 11.6 Å². The highest BCUT2D eigenvalue weighted by molar-refractivity contribution is 6.30. The smallest absolute Gasteiger partial charge is 0.127 e. The summed E-state index contributed by atoms with van der Waals surface area (Å²) in [5.74, 6) is 1.74. The van der Waals surface area contributed by atoms with Crippen molar-refractivity contribution in [2.75, 3.05) is 26.2 Å². The number of ether oxygens (including phenoxy) is 2. The van der Waals surface area contributed by atoms with Gasteiger partial charge in [-0.15, -0.1) is 0 Å². The molecule has 30 heavy (non-hydrogen) atoms. The molecule has 1 saturated heterocycles. The Kier molecular flexibility index (Phi) is 5.27. The monoisotopic (exact) mass is 424 g/mol. The highest BCUT2D eigenvalue weighted by Crippen LogP contribution is 2.41. The molecule has 1 fully saturated rings. The van der Waals surface area contributed by atoms with Crippen molar-refractivity contribution in [3.63, 3.8) is 0 Å². The summed E-state index contributed by atoms with van der Waals surface area (Å²) in [7, 11) is 0. The minimum absolute atomic E-state index is 0.123. The summed E-state index contributed by atoms with van der Waals surface area (Å²) in [6.07, 6.45) is 5.84. The van der Waals surface area contributed by atoms with Gasteiger partial charge in [0.05, 0.1) is 0 Å². The number of β-amino-alcohol motifs (C(OH)–C–C–N with tert-alkyl or cyclic N) is 1. The molecule has 2 aromatic carbocycles. The molecule has 0 radical (unpaired) electrons. The SMILES string of the molecule is OC(COc1cccc2cnccc12)CN1CCC2(CC1)Cc1cc(Cl)ccc1O2. The number of rotatable bonds is 5. The minimum atomic E-state index is -0.545. The van der Waals surface area contributed by atoms with E-state index < -0.39 is 6.10 Å². The molecule has 1 atom stereocenters. The summed E-state index contributed by atoms with van der Waals surface area (Å²) in [6, 6.07) is 13.7. The van der Waals surface area contributed by atoms with Crippen LogP contribution in [-0.4, -0.2) is 52.9 Å². The molecule has 1 N–H and O–H groups in total. The third kappa shape index (κ3) is 3.97. The van der Waals surface area contributed by atoms with Gasteiger partial charge in [0.2, 0.25) is 0 Å². The average molecular weight is 425 g/mol. The highest BCUT2D eigenvalue weighted by atomic mass is 35.5. The van der Waals surface area contributed by atoms with Gasteiger partial charge < -0.3 is 19.5 Å². The highest BCUT2D eigenvalue weighted by Gasteiger charge is 2.42. The van der Waals surface area contributed by atoms with Gasteiger partial charge >= 0.3 is 0 Å². The summed E-state index contributed by atoms with van der Waals surface area (Å²) in [4.78, 5) is 6.44. The van der Waals surface area contributed by atoms with Crippen LogP contribution in [0.1, 0.15) is 18.4 Å². The minimum Gasteiger partial charge on any atom is -0.490 e. The molecule has 2 aliphatic rings. The zero-order valence-electron chi connectivity index (χ0n) is 16.8. The fourth-order valence-corrected chi connectivity index (χ4v) is 4.77. The van der Waals surface area contributed by atoms with E-state index in [-0.39, 0.29) is 12.2 Å². The number of pyridine rings is 1. The largest absolute Gasteiger partial charge is 0.490 e. The summed E-state index contributed by atoms with van der Waals surface area (Å²) in [5.41, 5.74) is 1.08. The Bertz CT molecular complexity index is 1040. The number of piperidine rings is 1. The third-order valence-electron chi connectivity index (χ3n) is 6.17. The Balaban J connectivity index is 1.13. The molecule has 0 amide bonds. The van der Waals surface area contributed by atoms with Gasteiger partial charge in [0.15, 0.2) is 0 Å². The number of fused-ring (bicyclic) bond motifs is 2. The van der Waals surface area contributed by atoms with Crippen LogP contribution in [-0.2, 0) is 6.42 Å². The third-order valence-corrected chi connectivity index (χ3v) is 6.40. The van der Waals surface area contributed by atoms with Gasteiger partial charge in [0, 0.05) is 67.1 Å². The number of benzene rings is 2.